The van der Waals surface area contributed by atoms with E-state index < -0.39 is 0 Å². The van der Waals surface area contributed by atoms with Crippen LogP contribution in [0.4, 0.5) is 11.6 Å². The molecule has 1 aliphatic carbocycles. The Morgan fingerprint density at radius 1 is 1.16 bits per heavy atom. The Hall–Kier alpha value is -1.32. The largest absolute Gasteiger partial charge is 0.373 e. The van der Waals surface area contributed by atoms with Crippen LogP contribution in [0.1, 0.15) is 51.3 Å². The normalized spacial score (nSPS) is 27.4. The Bertz CT molecular complexity index is 455. The molecule has 1 aliphatic heterocycles. The van der Waals surface area contributed by atoms with Crippen LogP contribution in [0.2, 0.25) is 0 Å². The van der Waals surface area contributed by atoms with Crippen molar-refractivity contribution in [2.75, 3.05) is 23.8 Å². The highest BCUT2D eigenvalue weighted by atomic mass is 15.2. The Labute approximate surface area is 115 Å². The van der Waals surface area contributed by atoms with E-state index in [4.69, 9.17) is 4.98 Å². The van der Waals surface area contributed by atoms with E-state index in [0.29, 0.717) is 12.0 Å². The van der Waals surface area contributed by atoms with Crippen molar-refractivity contribution in [1.82, 2.24) is 9.97 Å². The van der Waals surface area contributed by atoms with Gasteiger partial charge in [-0.3, -0.25) is 0 Å². The van der Waals surface area contributed by atoms with Crippen molar-refractivity contribution in [2.24, 2.45) is 5.92 Å². The van der Waals surface area contributed by atoms with Gasteiger partial charge in [-0.2, -0.15) is 0 Å². The summed E-state index contributed by atoms with van der Waals surface area (Å²) in [6.45, 7) is 5.76. The van der Waals surface area contributed by atoms with E-state index in [1.54, 1.807) is 0 Å². The number of nitrogens with one attached hydrogen (secondary N) is 1. The van der Waals surface area contributed by atoms with Gasteiger partial charge in [-0.25, -0.2) is 9.97 Å². The molecule has 2 heterocycles. The van der Waals surface area contributed by atoms with Crippen LogP contribution in [0.5, 0.6) is 0 Å². The molecule has 1 saturated heterocycles. The minimum Gasteiger partial charge on any atom is -0.373 e. The van der Waals surface area contributed by atoms with Gasteiger partial charge in [-0.15, -0.1) is 0 Å². The molecule has 0 aromatic carbocycles. The number of aromatic nitrogens is 2. The molecule has 1 saturated carbocycles. The van der Waals surface area contributed by atoms with E-state index in [9.17, 15) is 0 Å². The molecule has 2 aliphatic rings. The third kappa shape index (κ3) is 2.67. The zero-order chi connectivity index (χ0) is 13.4. The van der Waals surface area contributed by atoms with Gasteiger partial charge in [0.15, 0.2) is 0 Å². The first kappa shape index (κ1) is 12.7. The fourth-order valence-corrected chi connectivity index (χ4v) is 2.86. The summed E-state index contributed by atoms with van der Waals surface area (Å²) in [5, 5.41) is 3.18. The molecule has 0 spiro atoms. The first-order chi connectivity index (χ1) is 9.17. The van der Waals surface area contributed by atoms with E-state index in [0.717, 1.165) is 29.9 Å². The zero-order valence-electron chi connectivity index (χ0n) is 12.2. The predicted octanol–water partition coefficient (Wildman–Crippen LogP) is 3.02. The smallest absolute Gasteiger partial charge is 0.136 e. The summed E-state index contributed by atoms with van der Waals surface area (Å²) < 4.78 is 0. The molecule has 19 heavy (non-hydrogen) atoms. The molecule has 2 unspecified atom stereocenters. The third-order valence-corrected chi connectivity index (χ3v) is 4.34. The summed E-state index contributed by atoms with van der Waals surface area (Å²) in [5.41, 5.74) is 0. The lowest BCUT2D eigenvalue weighted by molar-refractivity contribution is 0.388. The number of anilines is 2. The molecule has 104 valence electrons. The van der Waals surface area contributed by atoms with Crippen LogP contribution in [0.15, 0.2) is 6.07 Å². The highest BCUT2D eigenvalue weighted by Gasteiger charge is 2.29. The first-order valence-electron chi connectivity index (χ1n) is 7.50. The van der Waals surface area contributed by atoms with Crippen molar-refractivity contribution >= 4 is 11.6 Å². The van der Waals surface area contributed by atoms with Crippen LogP contribution in [0.3, 0.4) is 0 Å². The second-order valence-corrected chi connectivity index (χ2v) is 6.18. The number of piperidine rings is 1. The van der Waals surface area contributed by atoms with Gasteiger partial charge >= 0.3 is 0 Å². The minimum atomic E-state index is 0.586. The second kappa shape index (κ2) is 4.99. The summed E-state index contributed by atoms with van der Waals surface area (Å²) in [5.74, 6) is 4.46. The number of nitrogens with zero attached hydrogens (tertiary/aromatic N) is 3. The summed E-state index contributed by atoms with van der Waals surface area (Å²) in [6, 6.07) is 2.68. The average Bonchev–Trinajstić information content (AvgIpc) is 3.25. The van der Waals surface area contributed by atoms with Gasteiger partial charge in [0.1, 0.15) is 17.5 Å². The quantitative estimate of drug-likeness (QED) is 0.907. The minimum absolute atomic E-state index is 0.586. The Kier molecular flexibility index (Phi) is 3.33. The van der Waals surface area contributed by atoms with Crippen molar-refractivity contribution in [3.05, 3.63) is 11.9 Å². The van der Waals surface area contributed by atoms with Crippen LogP contribution in [0.25, 0.3) is 0 Å². The lowest BCUT2D eigenvalue weighted by Crippen LogP contribution is -2.41. The van der Waals surface area contributed by atoms with E-state index >= 15 is 0 Å². The van der Waals surface area contributed by atoms with Gasteiger partial charge in [0.2, 0.25) is 0 Å². The Morgan fingerprint density at radius 3 is 2.63 bits per heavy atom. The summed E-state index contributed by atoms with van der Waals surface area (Å²) in [6.07, 6.45) is 5.09. The topological polar surface area (TPSA) is 41.0 Å². The van der Waals surface area contributed by atoms with E-state index in [1.165, 1.54) is 25.7 Å². The molecule has 0 bridgehead atoms. The molecule has 2 atom stereocenters. The molecule has 2 fully saturated rings. The first-order valence-corrected chi connectivity index (χ1v) is 7.50. The van der Waals surface area contributed by atoms with Crippen molar-refractivity contribution in [3.63, 3.8) is 0 Å². The van der Waals surface area contributed by atoms with Gasteiger partial charge < -0.3 is 10.2 Å². The molecule has 4 heteroatoms. The second-order valence-electron chi connectivity index (χ2n) is 6.18. The molecule has 1 N–H and O–H groups in total. The highest BCUT2D eigenvalue weighted by Crippen LogP contribution is 2.39. The third-order valence-electron chi connectivity index (χ3n) is 4.34. The maximum absolute atomic E-state index is 4.83. The fourth-order valence-electron chi connectivity index (χ4n) is 2.86. The lowest BCUT2D eigenvalue weighted by atomic mass is 9.95. The van der Waals surface area contributed by atoms with Gasteiger partial charge in [0.25, 0.3) is 0 Å². The zero-order valence-corrected chi connectivity index (χ0v) is 12.2. The van der Waals surface area contributed by atoms with E-state index in [2.05, 4.69) is 35.1 Å². The molecule has 0 amide bonds. The van der Waals surface area contributed by atoms with Crippen LogP contribution in [0, 0.1) is 5.92 Å². The van der Waals surface area contributed by atoms with Crippen LogP contribution in [-0.4, -0.2) is 29.6 Å². The summed E-state index contributed by atoms with van der Waals surface area (Å²) in [7, 11) is 1.94. The lowest BCUT2D eigenvalue weighted by Gasteiger charge is -2.37. The maximum atomic E-state index is 4.83. The van der Waals surface area contributed by atoms with Crippen molar-refractivity contribution in [3.8, 4) is 0 Å². The van der Waals surface area contributed by atoms with Crippen LogP contribution >= 0.6 is 0 Å². The van der Waals surface area contributed by atoms with E-state index in [-0.39, 0.29) is 0 Å². The number of rotatable bonds is 3. The number of hydrogen-bond acceptors (Lipinski definition) is 4. The van der Waals surface area contributed by atoms with Crippen molar-refractivity contribution < 1.29 is 0 Å². The predicted molar refractivity (Wildman–Crippen MR) is 78.8 cm³/mol. The molecule has 4 nitrogen and oxygen atoms in total. The fraction of sp³-hybridized carbons (Fsp3) is 0.733. The molecule has 1 aromatic heterocycles. The summed E-state index contributed by atoms with van der Waals surface area (Å²) in [4.78, 5) is 11.9. The number of hydrogen-bond donors (Lipinski definition) is 1. The van der Waals surface area contributed by atoms with Crippen LogP contribution in [-0.2, 0) is 0 Å². The Morgan fingerprint density at radius 2 is 1.95 bits per heavy atom. The standard InChI is InChI=1S/C15H24N4/c1-10-4-5-11(2)19(9-10)14-8-13(16-3)17-15(18-14)12-6-7-12/h8,10-12H,4-7,9H2,1-3H3,(H,16,17,18). The van der Waals surface area contributed by atoms with Gasteiger partial charge in [-0.1, -0.05) is 6.92 Å². The molecule has 3 rings (SSSR count). The maximum Gasteiger partial charge on any atom is 0.136 e. The van der Waals surface area contributed by atoms with Gasteiger partial charge in [0, 0.05) is 31.6 Å². The molecular weight excluding hydrogens is 236 g/mol. The van der Waals surface area contributed by atoms with Crippen LogP contribution < -0.4 is 10.2 Å². The molecule has 0 radical (unpaired) electrons. The van der Waals surface area contributed by atoms with Gasteiger partial charge in [0.05, 0.1) is 0 Å². The average molecular weight is 260 g/mol. The van der Waals surface area contributed by atoms with Crippen molar-refractivity contribution in [2.45, 2.75) is 51.5 Å². The molecule has 1 aromatic rings. The monoisotopic (exact) mass is 260 g/mol. The van der Waals surface area contributed by atoms with Crippen molar-refractivity contribution in [1.29, 1.82) is 0 Å². The SMILES string of the molecule is CNc1cc(N2CC(C)CCC2C)nc(C2CC2)n1. The van der Waals surface area contributed by atoms with Gasteiger partial charge in [-0.05, 0) is 38.5 Å². The van der Waals surface area contributed by atoms with E-state index in [1.807, 2.05) is 7.05 Å². The summed E-state index contributed by atoms with van der Waals surface area (Å²) >= 11 is 0. The molecular formula is C15H24N4. The highest BCUT2D eigenvalue weighted by molar-refractivity contribution is 5.50. The Balaban J connectivity index is 1.91.